The molecule has 0 unspecified atom stereocenters. The second-order valence-electron chi connectivity index (χ2n) is 5.72. The topological polar surface area (TPSA) is 103 Å². The Bertz CT molecular complexity index is 1070. The van der Waals surface area contributed by atoms with E-state index in [1.807, 2.05) is 6.07 Å². The quantitative estimate of drug-likeness (QED) is 0.561. The van der Waals surface area contributed by atoms with Gasteiger partial charge < -0.3 is 14.3 Å². The SMILES string of the molecule is COCc1nc2ncc3c(=O)n(CCCc4cnc[nH]4)ccc3n2n1. The average Bonchev–Trinajstić information content (AvgIpc) is 3.26. The summed E-state index contributed by atoms with van der Waals surface area (Å²) in [7, 11) is 1.58. The minimum atomic E-state index is -0.0831. The molecule has 0 spiro atoms. The number of methoxy groups -OCH3 is 1. The third kappa shape index (κ3) is 2.89. The summed E-state index contributed by atoms with van der Waals surface area (Å²) in [5.74, 6) is 0.988. The third-order valence-electron chi connectivity index (χ3n) is 4.02. The van der Waals surface area contributed by atoms with Crippen LogP contribution in [-0.4, -0.2) is 41.2 Å². The zero-order valence-corrected chi connectivity index (χ0v) is 13.7. The molecule has 9 nitrogen and oxygen atoms in total. The number of nitrogens with zero attached hydrogens (tertiary/aromatic N) is 6. The average molecular weight is 339 g/mol. The van der Waals surface area contributed by atoms with Gasteiger partial charge in [-0.3, -0.25) is 4.79 Å². The Hall–Kier alpha value is -3.07. The van der Waals surface area contributed by atoms with Crippen LogP contribution in [0.4, 0.5) is 0 Å². The first kappa shape index (κ1) is 15.5. The molecular formula is C16H17N7O2. The Morgan fingerprint density at radius 3 is 3.04 bits per heavy atom. The number of pyridine rings is 1. The van der Waals surface area contributed by atoms with Crippen LogP contribution in [0.3, 0.4) is 0 Å². The van der Waals surface area contributed by atoms with Crippen molar-refractivity contribution in [1.82, 2.24) is 34.1 Å². The van der Waals surface area contributed by atoms with Crippen LogP contribution >= 0.6 is 0 Å². The summed E-state index contributed by atoms with van der Waals surface area (Å²) in [4.78, 5) is 28.3. The largest absolute Gasteiger partial charge is 0.377 e. The second kappa shape index (κ2) is 6.44. The third-order valence-corrected chi connectivity index (χ3v) is 4.02. The number of aryl methyl sites for hydroxylation is 2. The first-order valence-corrected chi connectivity index (χ1v) is 7.96. The molecule has 0 aliphatic rings. The van der Waals surface area contributed by atoms with Crippen LogP contribution in [0.2, 0.25) is 0 Å². The van der Waals surface area contributed by atoms with Crippen LogP contribution in [0.5, 0.6) is 0 Å². The minimum Gasteiger partial charge on any atom is -0.377 e. The summed E-state index contributed by atoms with van der Waals surface area (Å²) in [5.41, 5.74) is 1.67. The van der Waals surface area contributed by atoms with Gasteiger partial charge in [0, 0.05) is 37.9 Å². The number of hydrogen-bond acceptors (Lipinski definition) is 6. The molecule has 0 atom stereocenters. The minimum absolute atomic E-state index is 0.0831. The lowest BCUT2D eigenvalue weighted by molar-refractivity contribution is 0.178. The lowest BCUT2D eigenvalue weighted by Gasteiger charge is -2.07. The number of fused-ring (bicyclic) bond motifs is 3. The van der Waals surface area contributed by atoms with Crippen LogP contribution in [-0.2, 0) is 24.3 Å². The number of hydrogen-bond donors (Lipinski definition) is 1. The molecule has 0 saturated carbocycles. The number of imidazole rings is 1. The maximum Gasteiger partial charge on any atom is 0.261 e. The van der Waals surface area contributed by atoms with Crippen molar-refractivity contribution in [3.05, 3.63) is 52.9 Å². The molecule has 0 fully saturated rings. The Morgan fingerprint density at radius 1 is 1.32 bits per heavy atom. The maximum atomic E-state index is 12.7. The normalized spacial score (nSPS) is 11.6. The molecule has 25 heavy (non-hydrogen) atoms. The van der Waals surface area contributed by atoms with Crippen LogP contribution in [0, 0.1) is 0 Å². The summed E-state index contributed by atoms with van der Waals surface area (Å²) >= 11 is 0. The monoisotopic (exact) mass is 339 g/mol. The van der Waals surface area contributed by atoms with Gasteiger partial charge in [0.2, 0.25) is 0 Å². The van der Waals surface area contributed by atoms with Crippen LogP contribution in [0.15, 0.2) is 35.8 Å². The summed E-state index contributed by atoms with van der Waals surface area (Å²) in [6, 6.07) is 1.87. The molecule has 0 aromatic carbocycles. The smallest absolute Gasteiger partial charge is 0.261 e. The van der Waals surface area contributed by atoms with Gasteiger partial charge in [0.15, 0.2) is 5.82 Å². The van der Waals surface area contributed by atoms with E-state index in [4.69, 9.17) is 4.74 Å². The van der Waals surface area contributed by atoms with Gasteiger partial charge in [-0.2, -0.15) is 9.50 Å². The molecule has 128 valence electrons. The molecule has 9 heteroatoms. The van der Waals surface area contributed by atoms with E-state index >= 15 is 0 Å². The highest BCUT2D eigenvalue weighted by Gasteiger charge is 2.11. The zero-order valence-electron chi connectivity index (χ0n) is 13.7. The van der Waals surface area contributed by atoms with E-state index in [0.717, 1.165) is 18.5 Å². The van der Waals surface area contributed by atoms with Gasteiger partial charge in [-0.25, -0.2) is 9.97 Å². The number of H-pyrrole nitrogens is 1. The predicted octanol–water partition coefficient (Wildman–Crippen LogP) is 0.941. The number of aromatic nitrogens is 7. The zero-order chi connectivity index (χ0) is 17.2. The van der Waals surface area contributed by atoms with Gasteiger partial charge in [0.05, 0.1) is 17.2 Å². The predicted molar refractivity (Wildman–Crippen MR) is 90.2 cm³/mol. The highest BCUT2D eigenvalue weighted by Crippen LogP contribution is 2.11. The number of ether oxygens (including phenoxy) is 1. The van der Waals surface area contributed by atoms with Gasteiger partial charge in [0.25, 0.3) is 11.3 Å². The molecule has 4 rings (SSSR count). The molecule has 1 N–H and O–H groups in total. The Labute approximate surface area is 142 Å². The lowest BCUT2D eigenvalue weighted by atomic mass is 10.2. The van der Waals surface area contributed by atoms with Crippen molar-refractivity contribution >= 4 is 16.7 Å². The van der Waals surface area contributed by atoms with E-state index in [2.05, 4.69) is 25.0 Å². The summed E-state index contributed by atoms with van der Waals surface area (Å²) in [5, 5.41) is 4.88. The summed E-state index contributed by atoms with van der Waals surface area (Å²) < 4.78 is 8.33. The molecule has 0 amide bonds. The Balaban J connectivity index is 1.65. The highest BCUT2D eigenvalue weighted by molar-refractivity contribution is 5.78. The number of rotatable bonds is 6. The van der Waals surface area contributed by atoms with Crippen molar-refractivity contribution in [2.75, 3.05) is 7.11 Å². The fourth-order valence-electron chi connectivity index (χ4n) is 2.83. The van der Waals surface area contributed by atoms with Gasteiger partial charge in [-0.1, -0.05) is 0 Å². The van der Waals surface area contributed by atoms with Crippen LogP contribution in [0.1, 0.15) is 17.9 Å². The van der Waals surface area contributed by atoms with Crippen molar-refractivity contribution in [2.24, 2.45) is 0 Å². The van der Waals surface area contributed by atoms with Crippen molar-refractivity contribution in [2.45, 2.75) is 26.0 Å². The fourth-order valence-corrected chi connectivity index (χ4v) is 2.83. The lowest BCUT2D eigenvalue weighted by Crippen LogP contribution is -2.21. The van der Waals surface area contributed by atoms with Crippen LogP contribution < -0.4 is 5.56 Å². The van der Waals surface area contributed by atoms with E-state index in [9.17, 15) is 4.79 Å². The standard InChI is InChI=1S/C16H17N7O2/c1-25-9-14-20-16-18-8-12-13(23(16)21-14)4-6-22(15(12)24)5-2-3-11-7-17-10-19-11/h4,6-8,10H,2-3,5,9H2,1H3,(H,17,19). The number of nitrogens with one attached hydrogen (secondary N) is 1. The van der Waals surface area contributed by atoms with E-state index in [1.54, 1.807) is 41.1 Å². The van der Waals surface area contributed by atoms with Gasteiger partial charge in [0.1, 0.15) is 6.61 Å². The molecule has 0 aliphatic heterocycles. The molecule has 0 saturated heterocycles. The van der Waals surface area contributed by atoms with Crippen molar-refractivity contribution in [3.63, 3.8) is 0 Å². The molecule has 0 aliphatic carbocycles. The summed E-state index contributed by atoms with van der Waals surface area (Å²) in [6.07, 6.45) is 8.48. The molecular weight excluding hydrogens is 322 g/mol. The van der Waals surface area contributed by atoms with E-state index < -0.39 is 0 Å². The maximum absolute atomic E-state index is 12.7. The molecule has 0 bridgehead atoms. The van der Waals surface area contributed by atoms with E-state index in [-0.39, 0.29) is 5.56 Å². The van der Waals surface area contributed by atoms with Crippen molar-refractivity contribution in [1.29, 1.82) is 0 Å². The fraction of sp³-hybridized carbons (Fsp3) is 0.312. The second-order valence-corrected chi connectivity index (χ2v) is 5.72. The molecule has 0 radical (unpaired) electrons. The van der Waals surface area contributed by atoms with Gasteiger partial charge in [-0.15, -0.1) is 5.10 Å². The molecule has 4 heterocycles. The Morgan fingerprint density at radius 2 is 2.24 bits per heavy atom. The Kier molecular flexibility index (Phi) is 3.98. The van der Waals surface area contributed by atoms with Crippen molar-refractivity contribution < 1.29 is 4.74 Å². The van der Waals surface area contributed by atoms with Gasteiger partial charge >= 0.3 is 0 Å². The molecule has 4 aromatic rings. The summed E-state index contributed by atoms with van der Waals surface area (Å²) in [6.45, 7) is 0.924. The number of aromatic amines is 1. The van der Waals surface area contributed by atoms with Crippen molar-refractivity contribution in [3.8, 4) is 0 Å². The first-order chi connectivity index (χ1) is 12.3. The van der Waals surface area contributed by atoms with E-state index in [0.29, 0.717) is 35.7 Å². The van der Waals surface area contributed by atoms with Crippen LogP contribution in [0.25, 0.3) is 16.7 Å². The van der Waals surface area contributed by atoms with E-state index in [1.165, 1.54) is 0 Å². The highest BCUT2D eigenvalue weighted by atomic mass is 16.5. The van der Waals surface area contributed by atoms with Gasteiger partial charge in [-0.05, 0) is 18.9 Å². The molecule has 4 aromatic heterocycles. The first-order valence-electron chi connectivity index (χ1n) is 7.96.